The van der Waals surface area contributed by atoms with Crippen molar-refractivity contribution in [3.63, 3.8) is 0 Å². The monoisotopic (exact) mass is 332 g/mol. The first-order valence-corrected chi connectivity index (χ1v) is 7.03. The maximum atomic E-state index is 12.3. The van der Waals surface area contributed by atoms with Crippen LogP contribution in [0.1, 0.15) is 21.6 Å². The van der Waals surface area contributed by atoms with Crippen molar-refractivity contribution < 1.29 is 9.53 Å². The minimum atomic E-state index is -0.0108. The van der Waals surface area contributed by atoms with Gasteiger partial charge in [-0.25, -0.2) is 4.98 Å². The van der Waals surface area contributed by atoms with Gasteiger partial charge in [0, 0.05) is 29.3 Å². The molecule has 1 amide bonds. The Kier molecular flexibility index (Phi) is 3.44. The smallest absolute Gasteiger partial charge is 0.273 e. The summed E-state index contributed by atoms with van der Waals surface area (Å²) < 4.78 is 6.03. The molecule has 0 unspecified atom stereocenters. The van der Waals surface area contributed by atoms with E-state index < -0.39 is 0 Å². The number of pyridine rings is 1. The van der Waals surface area contributed by atoms with Crippen LogP contribution in [-0.4, -0.2) is 22.9 Å². The van der Waals surface area contributed by atoms with Gasteiger partial charge in [0.1, 0.15) is 11.4 Å². The van der Waals surface area contributed by atoms with Gasteiger partial charge in [-0.1, -0.05) is 12.1 Å². The molecule has 1 aliphatic heterocycles. The van der Waals surface area contributed by atoms with Gasteiger partial charge in [-0.05, 0) is 39.7 Å². The summed E-state index contributed by atoms with van der Waals surface area (Å²) >= 11 is 3.38. The molecule has 1 aromatic carbocycles. The van der Waals surface area contributed by atoms with Crippen LogP contribution in [0.3, 0.4) is 0 Å². The fraction of sp³-hybridized carbons (Fsp3) is 0.200. The van der Waals surface area contributed by atoms with Crippen molar-refractivity contribution in [1.29, 1.82) is 0 Å². The first kappa shape index (κ1) is 13.1. The number of methoxy groups -OCH3 is 1. The Hall–Kier alpha value is -1.88. The molecule has 20 heavy (non-hydrogen) atoms. The summed E-state index contributed by atoms with van der Waals surface area (Å²) in [5.41, 5.74) is 2.60. The number of ether oxygens (including phenoxy) is 1. The SMILES string of the molecule is COc1ccc(CN2Cc3cc(Br)cnc3C2=O)cc1. The molecule has 2 heterocycles. The number of carbonyl (C=O) groups excluding carboxylic acids is 1. The molecule has 1 aliphatic rings. The lowest BCUT2D eigenvalue weighted by atomic mass is 10.2. The lowest BCUT2D eigenvalue weighted by Gasteiger charge is -2.15. The van der Waals surface area contributed by atoms with Gasteiger partial charge in [-0.2, -0.15) is 0 Å². The van der Waals surface area contributed by atoms with Crippen LogP contribution in [0.25, 0.3) is 0 Å². The van der Waals surface area contributed by atoms with Crippen molar-refractivity contribution in [2.45, 2.75) is 13.1 Å². The van der Waals surface area contributed by atoms with E-state index in [2.05, 4.69) is 20.9 Å². The van der Waals surface area contributed by atoms with Crippen LogP contribution in [0.4, 0.5) is 0 Å². The van der Waals surface area contributed by atoms with Gasteiger partial charge in [0.2, 0.25) is 0 Å². The van der Waals surface area contributed by atoms with Crippen LogP contribution in [-0.2, 0) is 13.1 Å². The zero-order valence-corrected chi connectivity index (χ0v) is 12.6. The minimum absolute atomic E-state index is 0.0108. The average Bonchev–Trinajstić information content (AvgIpc) is 2.75. The van der Waals surface area contributed by atoms with Gasteiger partial charge in [0.05, 0.1) is 7.11 Å². The summed E-state index contributed by atoms with van der Waals surface area (Å²) in [7, 11) is 1.64. The second-order valence-electron chi connectivity index (χ2n) is 4.67. The highest BCUT2D eigenvalue weighted by atomic mass is 79.9. The lowest BCUT2D eigenvalue weighted by molar-refractivity contribution is 0.0762. The number of rotatable bonds is 3. The Morgan fingerprint density at radius 1 is 1.35 bits per heavy atom. The normalized spacial score (nSPS) is 13.5. The van der Waals surface area contributed by atoms with Crippen molar-refractivity contribution in [3.05, 3.63) is 57.8 Å². The first-order valence-electron chi connectivity index (χ1n) is 6.24. The van der Waals surface area contributed by atoms with E-state index in [4.69, 9.17) is 4.74 Å². The molecule has 0 saturated carbocycles. The predicted molar refractivity (Wildman–Crippen MR) is 78.5 cm³/mol. The van der Waals surface area contributed by atoms with Gasteiger partial charge in [-0.3, -0.25) is 4.79 Å². The summed E-state index contributed by atoms with van der Waals surface area (Å²) in [5, 5.41) is 0. The molecule has 3 rings (SSSR count). The van der Waals surface area contributed by atoms with E-state index in [1.54, 1.807) is 18.2 Å². The lowest BCUT2D eigenvalue weighted by Crippen LogP contribution is -2.23. The Morgan fingerprint density at radius 2 is 2.10 bits per heavy atom. The van der Waals surface area contributed by atoms with E-state index in [1.807, 2.05) is 30.3 Å². The Labute approximate surface area is 125 Å². The zero-order valence-electron chi connectivity index (χ0n) is 11.0. The summed E-state index contributed by atoms with van der Waals surface area (Å²) in [5.74, 6) is 0.804. The molecule has 0 atom stereocenters. The minimum Gasteiger partial charge on any atom is -0.497 e. The molecule has 0 fully saturated rings. The Bertz CT molecular complexity index is 655. The van der Waals surface area contributed by atoms with Crippen molar-refractivity contribution >= 4 is 21.8 Å². The highest BCUT2D eigenvalue weighted by Gasteiger charge is 2.28. The quantitative estimate of drug-likeness (QED) is 0.867. The summed E-state index contributed by atoms with van der Waals surface area (Å²) in [6.07, 6.45) is 1.66. The fourth-order valence-electron chi connectivity index (χ4n) is 2.30. The molecule has 0 bridgehead atoms. The second kappa shape index (κ2) is 5.25. The molecule has 0 radical (unpaired) electrons. The first-order chi connectivity index (χ1) is 9.67. The van der Waals surface area contributed by atoms with Gasteiger partial charge in [-0.15, -0.1) is 0 Å². The molecule has 5 heteroatoms. The molecule has 0 N–H and O–H groups in total. The third-order valence-corrected chi connectivity index (χ3v) is 3.75. The molecular weight excluding hydrogens is 320 g/mol. The van der Waals surface area contributed by atoms with Gasteiger partial charge >= 0.3 is 0 Å². The standard InChI is InChI=1S/C15H13BrN2O2/c1-20-13-4-2-10(3-5-13)8-18-9-11-6-12(16)7-17-14(11)15(18)19/h2-7H,8-9H2,1H3. The number of hydrogen-bond donors (Lipinski definition) is 0. The van der Waals surface area contributed by atoms with Crippen LogP contribution in [0, 0.1) is 0 Å². The maximum Gasteiger partial charge on any atom is 0.273 e. The summed E-state index contributed by atoms with van der Waals surface area (Å²) in [6.45, 7) is 1.18. The molecule has 102 valence electrons. The zero-order chi connectivity index (χ0) is 14.1. The largest absolute Gasteiger partial charge is 0.497 e. The van der Waals surface area contributed by atoms with Crippen molar-refractivity contribution in [2.75, 3.05) is 7.11 Å². The average molecular weight is 333 g/mol. The summed E-state index contributed by atoms with van der Waals surface area (Å²) in [4.78, 5) is 18.3. The fourth-order valence-corrected chi connectivity index (χ4v) is 2.68. The van der Waals surface area contributed by atoms with E-state index in [0.29, 0.717) is 18.8 Å². The van der Waals surface area contributed by atoms with Crippen LogP contribution < -0.4 is 4.74 Å². The van der Waals surface area contributed by atoms with Crippen LogP contribution in [0.2, 0.25) is 0 Å². The molecule has 4 nitrogen and oxygen atoms in total. The number of fused-ring (bicyclic) bond motifs is 1. The number of halogens is 1. The van der Waals surface area contributed by atoms with Crippen molar-refractivity contribution in [1.82, 2.24) is 9.88 Å². The Morgan fingerprint density at radius 3 is 2.80 bits per heavy atom. The number of aromatic nitrogens is 1. The molecular formula is C15H13BrN2O2. The van der Waals surface area contributed by atoms with E-state index in [0.717, 1.165) is 21.3 Å². The predicted octanol–water partition coefficient (Wildman–Crippen LogP) is 3.01. The molecule has 2 aromatic rings. The third kappa shape index (κ3) is 2.41. The van der Waals surface area contributed by atoms with Gasteiger partial charge < -0.3 is 9.64 Å². The molecule has 0 spiro atoms. The highest BCUT2D eigenvalue weighted by Crippen LogP contribution is 2.25. The van der Waals surface area contributed by atoms with Crippen LogP contribution >= 0.6 is 15.9 Å². The third-order valence-electron chi connectivity index (χ3n) is 3.32. The van der Waals surface area contributed by atoms with Crippen molar-refractivity contribution in [2.24, 2.45) is 0 Å². The molecule has 0 saturated heterocycles. The van der Waals surface area contributed by atoms with Gasteiger partial charge in [0.25, 0.3) is 5.91 Å². The van der Waals surface area contributed by atoms with E-state index in [1.165, 1.54) is 0 Å². The van der Waals surface area contributed by atoms with Gasteiger partial charge in [0.15, 0.2) is 0 Å². The van der Waals surface area contributed by atoms with Crippen LogP contribution in [0.5, 0.6) is 5.75 Å². The number of amides is 1. The van der Waals surface area contributed by atoms with E-state index in [-0.39, 0.29) is 5.91 Å². The van der Waals surface area contributed by atoms with E-state index >= 15 is 0 Å². The Balaban J connectivity index is 1.78. The molecule has 0 aliphatic carbocycles. The van der Waals surface area contributed by atoms with Crippen LogP contribution in [0.15, 0.2) is 41.0 Å². The summed E-state index contributed by atoms with van der Waals surface area (Å²) in [6, 6.07) is 9.70. The van der Waals surface area contributed by atoms with E-state index in [9.17, 15) is 4.79 Å². The topological polar surface area (TPSA) is 42.4 Å². The second-order valence-corrected chi connectivity index (χ2v) is 5.59. The highest BCUT2D eigenvalue weighted by molar-refractivity contribution is 9.10. The number of benzene rings is 1. The maximum absolute atomic E-state index is 12.3. The van der Waals surface area contributed by atoms with Crippen molar-refractivity contribution in [3.8, 4) is 5.75 Å². The number of carbonyl (C=O) groups is 1. The number of hydrogen-bond acceptors (Lipinski definition) is 3. The molecule has 1 aromatic heterocycles. The number of nitrogens with zero attached hydrogens (tertiary/aromatic N) is 2.